The Morgan fingerprint density at radius 1 is 1.08 bits per heavy atom. The van der Waals surface area contributed by atoms with Crippen molar-refractivity contribution in [2.75, 3.05) is 6.61 Å². The molecule has 0 atom stereocenters. The van der Waals surface area contributed by atoms with Crippen molar-refractivity contribution in [1.82, 2.24) is 0 Å². The van der Waals surface area contributed by atoms with Crippen LogP contribution in [0.3, 0.4) is 0 Å². The van der Waals surface area contributed by atoms with Gasteiger partial charge in [0.1, 0.15) is 11.5 Å². The molecule has 0 fully saturated rings. The van der Waals surface area contributed by atoms with Crippen molar-refractivity contribution in [3.63, 3.8) is 0 Å². The number of rotatable bonds is 8. The minimum Gasteiger partial charge on any atom is -0.507 e. The van der Waals surface area contributed by atoms with Crippen molar-refractivity contribution in [2.45, 2.75) is 46.5 Å². The van der Waals surface area contributed by atoms with Crippen LogP contribution >= 0.6 is 0 Å². The largest absolute Gasteiger partial charge is 0.507 e. The minimum atomic E-state index is -1.02. The highest BCUT2D eigenvalue weighted by Crippen LogP contribution is 2.33. The molecule has 3 rings (SSSR count). The van der Waals surface area contributed by atoms with E-state index in [9.17, 15) is 20.0 Å². The summed E-state index contributed by atoms with van der Waals surface area (Å²) in [7, 11) is 0. The Bertz CT molecular complexity index is 1320. The quantitative estimate of drug-likeness (QED) is 0.240. The number of aryl methyl sites for hydroxylation is 2. The first kappa shape index (κ1) is 26.3. The highest BCUT2D eigenvalue weighted by atomic mass is 16.6. The first-order chi connectivity index (χ1) is 17.0. The Morgan fingerprint density at radius 3 is 2.28 bits per heavy atom. The molecule has 0 spiro atoms. The zero-order valence-electron chi connectivity index (χ0n) is 20.8. The summed E-state index contributed by atoms with van der Waals surface area (Å²) in [6, 6.07) is 13.7. The van der Waals surface area contributed by atoms with E-state index in [-0.39, 0.29) is 17.4 Å². The summed E-state index contributed by atoms with van der Waals surface area (Å²) < 4.78 is 5.34. The van der Waals surface area contributed by atoms with Crippen LogP contribution in [-0.2, 0) is 17.6 Å². The lowest BCUT2D eigenvalue weighted by molar-refractivity contribution is -0.384. The number of phenols is 1. The van der Waals surface area contributed by atoms with Crippen molar-refractivity contribution in [3.05, 3.63) is 97.6 Å². The van der Waals surface area contributed by atoms with E-state index in [4.69, 9.17) is 9.84 Å². The average Bonchev–Trinajstić information content (AvgIpc) is 2.81. The second-order valence-corrected chi connectivity index (χ2v) is 9.02. The fourth-order valence-corrected chi connectivity index (χ4v) is 4.04. The number of hydrogen-bond acceptors (Lipinski definition) is 5. The molecule has 7 heteroatoms. The molecule has 0 heterocycles. The molecule has 186 valence electrons. The molecule has 3 aromatic rings. The molecule has 2 N–H and O–H groups in total. The lowest BCUT2D eigenvalue weighted by Crippen LogP contribution is -2.10. The molecule has 36 heavy (non-hydrogen) atoms. The predicted molar refractivity (Wildman–Crippen MR) is 138 cm³/mol. The van der Waals surface area contributed by atoms with E-state index in [0.29, 0.717) is 24.2 Å². The Balaban J connectivity index is 1.88. The Kier molecular flexibility index (Phi) is 8.34. The van der Waals surface area contributed by atoms with Gasteiger partial charge in [0.15, 0.2) is 6.61 Å². The number of nitro benzene ring substituents is 1. The number of ether oxygens (including phenoxy) is 1. The van der Waals surface area contributed by atoms with Gasteiger partial charge in [-0.2, -0.15) is 0 Å². The van der Waals surface area contributed by atoms with E-state index in [2.05, 4.69) is 11.8 Å². The fourth-order valence-electron chi connectivity index (χ4n) is 4.04. The molecule has 0 aromatic heterocycles. The molecular weight excluding hydrogens is 458 g/mol. The summed E-state index contributed by atoms with van der Waals surface area (Å²) in [5.74, 6) is 5.92. The molecule has 0 bridgehead atoms. The van der Waals surface area contributed by atoms with E-state index in [1.807, 2.05) is 52.0 Å². The van der Waals surface area contributed by atoms with Gasteiger partial charge >= 0.3 is 5.97 Å². The van der Waals surface area contributed by atoms with E-state index in [1.165, 1.54) is 12.1 Å². The smallest absolute Gasteiger partial charge is 0.341 e. The maximum atomic E-state index is 10.9. The van der Waals surface area contributed by atoms with Gasteiger partial charge in [-0.15, -0.1) is 0 Å². The van der Waals surface area contributed by atoms with Crippen LogP contribution in [0.25, 0.3) is 0 Å². The van der Waals surface area contributed by atoms with Crippen molar-refractivity contribution in [1.29, 1.82) is 0 Å². The van der Waals surface area contributed by atoms with Crippen LogP contribution in [-0.4, -0.2) is 27.7 Å². The zero-order chi connectivity index (χ0) is 26.4. The molecule has 0 radical (unpaired) electrons. The molecule has 7 nitrogen and oxygen atoms in total. The number of benzene rings is 3. The summed E-state index contributed by atoms with van der Waals surface area (Å²) in [6.07, 6.45) is 0.968. The fraction of sp³-hybridized carbons (Fsp3) is 0.276. The Hall–Kier alpha value is -4.31. The molecule has 0 saturated carbocycles. The Labute approximate surface area is 210 Å². The van der Waals surface area contributed by atoms with Crippen LogP contribution in [0, 0.1) is 35.8 Å². The number of nitrogens with zero attached hydrogens (tertiary/aromatic N) is 1. The van der Waals surface area contributed by atoms with Crippen LogP contribution in [0.15, 0.2) is 48.5 Å². The van der Waals surface area contributed by atoms with E-state index >= 15 is 0 Å². The molecular formula is C29H29NO6. The lowest BCUT2D eigenvalue weighted by Gasteiger charge is -2.17. The number of carbonyl (C=O) groups is 1. The number of phenolic OH excluding ortho intramolecular Hbond substituents is 1. The SMILES string of the molecule is Cc1cc(OCC(=O)O)cc(C)c1Cc1cc(CC#Cc2ccc([N+](=O)[O-])cc2)c(O)c(C(C)C)c1. The van der Waals surface area contributed by atoms with Crippen LogP contribution in [0.2, 0.25) is 0 Å². The van der Waals surface area contributed by atoms with Crippen LogP contribution < -0.4 is 4.74 Å². The second-order valence-electron chi connectivity index (χ2n) is 9.02. The predicted octanol–water partition coefficient (Wildman–Crippen LogP) is 5.69. The van der Waals surface area contributed by atoms with Gasteiger partial charge in [-0.1, -0.05) is 37.8 Å². The summed E-state index contributed by atoms with van der Waals surface area (Å²) in [5, 5.41) is 30.6. The van der Waals surface area contributed by atoms with Crippen LogP contribution in [0.5, 0.6) is 11.5 Å². The summed E-state index contributed by atoms with van der Waals surface area (Å²) in [6.45, 7) is 7.59. The third-order valence-electron chi connectivity index (χ3n) is 5.90. The maximum absolute atomic E-state index is 10.9. The summed E-state index contributed by atoms with van der Waals surface area (Å²) in [5.41, 5.74) is 6.38. The molecule has 0 amide bonds. The first-order valence-electron chi connectivity index (χ1n) is 11.6. The molecule has 0 aliphatic heterocycles. The third kappa shape index (κ3) is 6.63. The standard InChI is InChI=1S/C29H29NO6/c1-18(2)26-15-22(16-27-19(3)12-25(13-20(27)4)36-17-28(31)32)14-23(29(26)33)7-5-6-21-8-10-24(11-9-21)30(34)35/h8-15,18,33H,7,16-17H2,1-4H3,(H,31,32). The minimum absolute atomic E-state index is 0.0135. The maximum Gasteiger partial charge on any atom is 0.341 e. The number of non-ortho nitro benzene ring substituents is 1. The molecule has 0 saturated heterocycles. The van der Waals surface area contributed by atoms with Crippen LogP contribution in [0.1, 0.15) is 58.7 Å². The number of aliphatic carboxylic acids is 1. The number of carboxylic acids is 1. The molecule has 0 unspecified atom stereocenters. The highest BCUT2D eigenvalue weighted by molar-refractivity contribution is 5.68. The van der Waals surface area contributed by atoms with Crippen molar-refractivity contribution < 1.29 is 24.7 Å². The van der Waals surface area contributed by atoms with Gasteiger partial charge in [-0.3, -0.25) is 10.1 Å². The highest BCUT2D eigenvalue weighted by Gasteiger charge is 2.15. The molecule has 0 aliphatic carbocycles. The van der Waals surface area contributed by atoms with Crippen molar-refractivity contribution >= 4 is 11.7 Å². The summed E-state index contributed by atoms with van der Waals surface area (Å²) in [4.78, 5) is 21.2. The van der Waals surface area contributed by atoms with Crippen LogP contribution in [0.4, 0.5) is 5.69 Å². The second kappa shape index (κ2) is 11.4. The number of hydrogen-bond donors (Lipinski definition) is 2. The van der Waals surface area contributed by atoms with Gasteiger partial charge in [0.25, 0.3) is 5.69 Å². The van der Waals surface area contributed by atoms with E-state index < -0.39 is 17.5 Å². The zero-order valence-corrected chi connectivity index (χ0v) is 20.8. The van der Waals surface area contributed by atoms with Crippen molar-refractivity contribution in [3.8, 4) is 23.3 Å². The number of carboxylic acid groups (broad SMARTS) is 1. The van der Waals surface area contributed by atoms with Crippen molar-refractivity contribution in [2.24, 2.45) is 0 Å². The molecule has 0 aliphatic rings. The summed E-state index contributed by atoms with van der Waals surface area (Å²) >= 11 is 0. The third-order valence-corrected chi connectivity index (χ3v) is 5.90. The topological polar surface area (TPSA) is 110 Å². The van der Waals surface area contributed by atoms with Gasteiger partial charge in [-0.05, 0) is 78.3 Å². The number of nitro groups is 1. The average molecular weight is 488 g/mol. The van der Waals surface area contributed by atoms with Gasteiger partial charge in [0.05, 0.1) is 4.92 Å². The van der Waals surface area contributed by atoms with Gasteiger partial charge < -0.3 is 14.9 Å². The first-order valence-corrected chi connectivity index (χ1v) is 11.6. The monoisotopic (exact) mass is 487 g/mol. The lowest BCUT2D eigenvalue weighted by atomic mass is 9.90. The normalized spacial score (nSPS) is 10.6. The molecule has 3 aromatic carbocycles. The Morgan fingerprint density at radius 2 is 1.72 bits per heavy atom. The number of aromatic hydroxyl groups is 1. The van der Waals surface area contributed by atoms with Gasteiger partial charge in [-0.25, -0.2) is 4.79 Å². The van der Waals surface area contributed by atoms with E-state index in [0.717, 1.165) is 33.4 Å². The van der Waals surface area contributed by atoms with Gasteiger partial charge in [0, 0.05) is 29.7 Å². The van der Waals surface area contributed by atoms with E-state index in [1.54, 1.807) is 12.1 Å². The van der Waals surface area contributed by atoms with Gasteiger partial charge in [0.2, 0.25) is 0 Å².